The predicted molar refractivity (Wildman–Crippen MR) is 136 cm³/mol. The number of nitrogens with one attached hydrogen (secondary N) is 2. The fraction of sp³-hybridized carbons (Fsp3) is 0.409. The van der Waals surface area contributed by atoms with Crippen LogP contribution in [0.5, 0.6) is 0 Å². The molecule has 2 rings (SSSR count). The molecule has 0 atom stereocenters. The minimum atomic E-state index is -3.52. The number of nitrogens with zero attached hydrogens (tertiary/aromatic N) is 2. The van der Waals surface area contributed by atoms with Crippen LogP contribution in [0.4, 0.5) is 0 Å². The van der Waals surface area contributed by atoms with E-state index >= 15 is 0 Å². The van der Waals surface area contributed by atoms with Gasteiger partial charge in [0.15, 0.2) is 5.96 Å². The van der Waals surface area contributed by atoms with Crippen molar-refractivity contribution in [2.24, 2.45) is 4.99 Å². The molecule has 0 aliphatic heterocycles. The van der Waals surface area contributed by atoms with Crippen LogP contribution in [-0.4, -0.2) is 53.6 Å². The maximum absolute atomic E-state index is 12.2. The van der Waals surface area contributed by atoms with Crippen molar-refractivity contribution in [1.82, 2.24) is 14.9 Å². The molecule has 0 spiro atoms. The molecule has 0 saturated heterocycles. The van der Waals surface area contributed by atoms with Crippen LogP contribution in [0.3, 0.4) is 0 Å². The summed E-state index contributed by atoms with van der Waals surface area (Å²) < 4.78 is 31.8. The lowest BCUT2D eigenvalue weighted by atomic mass is 10.1. The zero-order chi connectivity index (χ0) is 22.0. The monoisotopic (exact) mass is 560 g/mol. The Hall–Kier alpha value is -1.69. The number of methoxy groups -OCH3 is 1. The first-order chi connectivity index (χ1) is 14.4. The third kappa shape index (κ3) is 8.76. The van der Waals surface area contributed by atoms with Crippen LogP contribution in [0.15, 0.2) is 58.4 Å². The summed E-state index contributed by atoms with van der Waals surface area (Å²) in [6.45, 7) is 4.01. The van der Waals surface area contributed by atoms with E-state index in [4.69, 9.17) is 4.74 Å². The van der Waals surface area contributed by atoms with Crippen molar-refractivity contribution in [2.45, 2.75) is 31.3 Å². The molecule has 0 aliphatic rings. The second-order valence-corrected chi connectivity index (χ2v) is 8.73. The molecule has 0 radical (unpaired) electrons. The van der Waals surface area contributed by atoms with Crippen LogP contribution in [0, 0.1) is 0 Å². The van der Waals surface area contributed by atoms with E-state index in [1.165, 1.54) is 18.2 Å². The van der Waals surface area contributed by atoms with E-state index < -0.39 is 10.0 Å². The van der Waals surface area contributed by atoms with Gasteiger partial charge in [0.1, 0.15) is 0 Å². The van der Waals surface area contributed by atoms with Crippen LogP contribution >= 0.6 is 24.0 Å². The molecule has 0 fully saturated rings. The van der Waals surface area contributed by atoms with Crippen molar-refractivity contribution in [3.8, 4) is 0 Å². The van der Waals surface area contributed by atoms with Gasteiger partial charge in [0, 0.05) is 40.8 Å². The van der Waals surface area contributed by atoms with Gasteiger partial charge >= 0.3 is 0 Å². The Bertz CT molecular complexity index is 917. The molecule has 172 valence electrons. The van der Waals surface area contributed by atoms with E-state index in [0.717, 1.165) is 24.5 Å². The van der Waals surface area contributed by atoms with Crippen LogP contribution < -0.4 is 10.0 Å². The molecular formula is C22H33IN4O3S. The molecule has 0 aliphatic carbocycles. The van der Waals surface area contributed by atoms with Gasteiger partial charge in [-0.2, -0.15) is 0 Å². The molecule has 0 saturated carbocycles. The zero-order valence-electron chi connectivity index (χ0n) is 18.6. The number of guanidine groups is 1. The lowest BCUT2D eigenvalue weighted by Crippen LogP contribution is -2.38. The molecular weight excluding hydrogens is 527 g/mol. The van der Waals surface area contributed by atoms with Gasteiger partial charge in [0.05, 0.1) is 11.5 Å². The number of halogens is 1. The van der Waals surface area contributed by atoms with Gasteiger partial charge in [-0.1, -0.05) is 43.3 Å². The van der Waals surface area contributed by atoms with E-state index in [0.29, 0.717) is 13.2 Å². The highest BCUT2D eigenvalue weighted by molar-refractivity contribution is 14.0. The van der Waals surface area contributed by atoms with Crippen LogP contribution in [-0.2, 0) is 34.3 Å². The summed E-state index contributed by atoms with van der Waals surface area (Å²) >= 11 is 0. The van der Waals surface area contributed by atoms with E-state index in [9.17, 15) is 8.42 Å². The smallest absolute Gasteiger partial charge is 0.240 e. The number of sulfonamides is 1. The van der Waals surface area contributed by atoms with E-state index in [2.05, 4.69) is 51.1 Å². The van der Waals surface area contributed by atoms with Gasteiger partial charge in [-0.05, 0) is 35.2 Å². The van der Waals surface area contributed by atoms with Crippen molar-refractivity contribution >= 4 is 40.0 Å². The molecule has 0 heterocycles. The molecule has 31 heavy (non-hydrogen) atoms. The van der Waals surface area contributed by atoms with Gasteiger partial charge in [-0.15, -0.1) is 24.0 Å². The molecule has 0 bridgehead atoms. The Morgan fingerprint density at radius 2 is 1.61 bits per heavy atom. The number of hydrogen-bond acceptors (Lipinski definition) is 4. The molecule has 0 aromatic heterocycles. The number of ether oxygens (including phenoxy) is 1. The third-order valence-electron chi connectivity index (χ3n) is 4.71. The summed E-state index contributed by atoms with van der Waals surface area (Å²) in [5.41, 5.74) is 3.50. The Morgan fingerprint density at radius 3 is 2.16 bits per heavy atom. The highest BCUT2D eigenvalue weighted by atomic mass is 127. The minimum absolute atomic E-state index is 0. The first-order valence-corrected chi connectivity index (χ1v) is 11.4. The summed E-state index contributed by atoms with van der Waals surface area (Å²) in [7, 11) is 1.75. The summed E-state index contributed by atoms with van der Waals surface area (Å²) in [5.74, 6) is 0.771. The van der Waals surface area contributed by atoms with Gasteiger partial charge in [0.2, 0.25) is 10.0 Å². The highest BCUT2D eigenvalue weighted by Gasteiger charge is 2.13. The third-order valence-corrected chi connectivity index (χ3v) is 6.18. The second kappa shape index (κ2) is 13.7. The predicted octanol–water partition coefficient (Wildman–Crippen LogP) is 3.00. The van der Waals surface area contributed by atoms with Crippen molar-refractivity contribution < 1.29 is 13.2 Å². The largest absolute Gasteiger partial charge is 0.383 e. The average molecular weight is 561 g/mol. The summed E-state index contributed by atoms with van der Waals surface area (Å²) in [5, 5.41) is 3.32. The van der Waals surface area contributed by atoms with Gasteiger partial charge < -0.3 is 15.0 Å². The molecule has 9 heteroatoms. The van der Waals surface area contributed by atoms with Crippen LogP contribution in [0.25, 0.3) is 0 Å². The molecule has 0 unspecified atom stereocenters. The van der Waals surface area contributed by atoms with Gasteiger partial charge in [0.25, 0.3) is 0 Å². The number of aliphatic imine (C=N–C) groups is 1. The Balaban J connectivity index is 0.00000480. The molecule has 2 N–H and O–H groups in total. The topological polar surface area (TPSA) is 83.0 Å². The maximum atomic E-state index is 12.2. The number of aryl methyl sites for hydroxylation is 1. The lowest BCUT2D eigenvalue weighted by molar-refractivity contribution is 0.204. The summed E-state index contributed by atoms with van der Waals surface area (Å²) in [4.78, 5) is 6.64. The molecule has 7 nitrogen and oxygen atoms in total. The quantitative estimate of drug-likeness (QED) is 0.202. The van der Waals surface area contributed by atoms with E-state index in [-0.39, 0.29) is 35.4 Å². The van der Waals surface area contributed by atoms with Crippen molar-refractivity contribution in [2.75, 3.05) is 34.4 Å². The average Bonchev–Trinajstić information content (AvgIpc) is 2.75. The fourth-order valence-corrected chi connectivity index (χ4v) is 3.96. The summed E-state index contributed by atoms with van der Waals surface area (Å²) in [6, 6.07) is 15.4. The SMILES string of the molecule is CCc1ccc(CN(C)C(=NC)NCc2ccc(S(=O)(=O)NCCOC)cc2)cc1.I. The Kier molecular flexibility index (Phi) is 12.1. The Labute approximate surface area is 203 Å². The number of hydrogen-bond donors (Lipinski definition) is 2. The fourth-order valence-electron chi connectivity index (χ4n) is 2.94. The first kappa shape index (κ1) is 27.3. The maximum Gasteiger partial charge on any atom is 0.240 e. The number of benzene rings is 2. The van der Waals surface area contributed by atoms with Crippen LogP contribution in [0.2, 0.25) is 0 Å². The van der Waals surface area contributed by atoms with Crippen molar-refractivity contribution in [1.29, 1.82) is 0 Å². The van der Waals surface area contributed by atoms with Crippen molar-refractivity contribution in [3.63, 3.8) is 0 Å². The first-order valence-electron chi connectivity index (χ1n) is 9.96. The standard InChI is InChI=1S/C22H32N4O3S.HI/c1-5-18-6-8-20(9-7-18)17-26(3)22(23-2)24-16-19-10-12-21(13-11-19)30(27,28)25-14-15-29-4;/h6-13,25H,5,14-17H2,1-4H3,(H,23,24);1H. The lowest BCUT2D eigenvalue weighted by Gasteiger charge is -2.22. The minimum Gasteiger partial charge on any atom is -0.383 e. The van der Waals surface area contributed by atoms with Crippen LogP contribution in [0.1, 0.15) is 23.6 Å². The van der Waals surface area contributed by atoms with E-state index in [1.807, 2.05) is 7.05 Å². The normalized spacial score (nSPS) is 11.7. The second-order valence-electron chi connectivity index (χ2n) is 6.96. The van der Waals surface area contributed by atoms with Gasteiger partial charge in [-0.3, -0.25) is 4.99 Å². The highest BCUT2D eigenvalue weighted by Crippen LogP contribution is 2.11. The van der Waals surface area contributed by atoms with Gasteiger partial charge in [-0.25, -0.2) is 13.1 Å². The number of rotatable bonds is 10. The zero-order valence-corrected chi connectivity index (χ0v) is 21.7. The van der Waals surface area contributed by atoms with E-state index in [1.54, 1.807) is 31.3 Å². The summed E-state index contributed by atoms with van der Waals surface area (Å²) in [6.07, 6.45) is 1.03. The molecule has 2 aromatic carbocycles. The van der Waals surface area contributed by atoms with Crippen molar-refractivity contribution in [3.05, 3.63) is 65.2 Å². The Morgan fingerprint density at radius 1 is 1.03 bits per heavy atom. The molecule has 0 amide bonds. The molecule has 2 aromatic rings.